The van der Waals surface area contributed by atoms with Gasteiger partial charge in [-0.15, -0.1) is 11.7 Å². The Bertz CT molecular complexity index is 218. The summed E-state index contributed by atoms with van der Waals surface area (Å²) < 4.78 is 0. The van der Waals surface area contributed by atoms with Gasteiger partial charge in [0.25, 0.3) is 0 Å². The molecule has 62 valence electrons. The molecule has 1 aromatic rings. The van der Waals surface area contributed by atoms with Crippen molar-refractivity contribution >= 4 is 33.3 Å². The van der Waals surface area contributed by atoms with E-state index in [0.29, 0.717) is 0 Å². The van der Waals surface area contributed by atoms with Crippen molar-refractivity contribution in [2.45, 2.75) is 4.90 Å². The van der Waals surface area contributed by atoms with Gasteiger partial charge in [-0.2, -0.15) is 21.7 Å². The van der Waals surface area contributed by atoms with Crippen LogP contribution in [0, 0.1) is 0 Å². The Kier molecular flexibility index (Phi) is 3.22. The molecule has 3 heteroatoms. The first-order chi connectivity index (χ1) is 5.17. The lowest BCUT2D eigenvalue weighted by Gasteiger charge is -2.27. The minimum atomic E-state index is -0.940. The summed E-state index contributed by atoms with van der Waals surface area (Å²) in [4.78, 5) is 1.30. The zero-order valence-electron chi connectivity index (χ0n) is 6.40. The Morgan fingerprint density at radius 2 is 1.82 bits per heavy atom. The van der Waals surface area contributed by atoms with Crippen LogP contribution < -0.4 is 0 Å². The summed E-state index contributed by atoms with van der Waals surface area (Å²) in [6.07, 6.45) is 2.15. The second kappa shape index (κ2) is 3.78. The highest BCUT2D eigenvalue weighted by Gasteiger charge is 2.11. The quantitative estimate of drug-likeness (QED) is 0.536. The molecule has 0 nitrogen and oxygen atoms in total. The van der Waals surface area contributed by atoms with Crippen LogP contribution in [0.5, 0.6) is 0 Å². The molecule has 0 fully saturated rings. The average Bonchev–Trinajstić information content (AvgIpc) is 2.06. The van der Waals surface area contributed by atoms with Crippen molar-refractivity contribution < 1.29 is 0 Å². The van der Waals surface area contributed by atoms with Gasteiger partial charge in [-0.25, -0.2) is 0 Å². The van der Waals surface area contributed by atoms with E-state index in [4.69, 9.17) is 0 Å². The fraction of sp³-hybridized carbons (Fsp3) is 0.250. The van der Waals surface area contributed by atoms with Crippen molar-refractivity contribution in [1.82, 2.24) is 0 Å². The summed E-state index contributed by atoms with van der Waals surface area (Å²) in [5.41, 5.74) is 0. The lowest BCUT2D eigenvalue weighted by Crippen LogP contribution is -1.90. The van der Waals surface area contributed by atoms with Gasteiger partial charge in [-0.1, -0.05) is 18.2 Å². The molecular formula is C8H12S3. The summed E-state index contributed by atoms with van der Waals surface area (Å²) in [6.45, 7) is 0. The standard InChI is InChI=1S/C8H12S3/c1-11(10,7-9)8-5-3-2-4-6-8/h2-6,9-10H,7H2,1H3. The molecule has 0 aliphatic carbocycles. The highest BCUT2D eigenvalue weighted by atomic mass is 33.1. The summed E-state index contributed by atoms with van der Waals surface area (Å²) in [6, 6.07) is 10.3. The van der Waals surface area contributed by atoms with E-state index < -0.39 is 9.06 Å². The fourth-order valence-electron chi connectivity index (χ4n) is 0.788. The van der Waals surface area contributed by atoms with Crippen LogP contribution in [0.25, 0.3) is 0 Å². The Morgan fingerprint density at radius 3 is 2.27 bits per heavy atom. The minimum Gasteiger partial charge on any atom is -0.169 e. The van der Waals surface area contributed by atoms with E-state index in [9.17, 15) is 0 Å². The van der Waals surface area contributed by atoms with E-state index in [2.05, 4.69) is 42.7 Å². The number of rotatable bonds is 2. The third-order valence-corrected chi connectivity index (χ3v) is 6.47. The maximum absolute atomic E-state index is 4.58. The second-order valence-electron chi connectivity index (χ2n) is 2.48. The third-order valence-electron chi connectivity index (χ3n) is 1.50. The molecule has 0 saturated carbocycles. The first-order valence-electron chi connectivity index (χ1n) is 3.31. The Balaban J connectivity index is 2.93. The van der Waals surface area contributed by atoms with Gasteiger partial charge in [-0.05, 0) is 23.3 Å². The molecule has 0 radical (unpaired) electrons. The molecule has 11 heavy (non-hydrogen) atoms. The van der Waals surface area contributed by atoms with Crippen LogP contribution >= 0.6 is 33.3 Å². The molecule has 0 heterocycles. The van der Waals surface area contributed by atoms with Crippen molar-refractivity contribution in [2.24, 2.45) is 0 Å². The lowest BCUT2D eigenvalue weighted by atomic mass is 10.4. The van der Waals surface area contributed by atoms with E-state index in [-0.39, 0.29) is 0 Å². The zero-order valence-corrected chi connectivity index (χ0v) is 9.00. The molecule has 0 saturated heterocycles. The van der Waals surface area contributed by atoms with E-state index in [0.717, 1.165) is 5.08 Å². The lowest BCUT2D eigenvalue weighted by molar-refractivity contribution is 1.45. The van der Waals surface area contributed by atoms with Crippen molar-refractivity contribution in [3.63, 3.8) is 0 Å². The zero-order chi connectivity index (χ0) is 8.32. The number of benzene rings is 1. The van der Waals surface area contributed by atoms with Crippen molar-refractivity contribution in [2.75, 3.05) is 11.3 Å². The van der Waals surface area contributed by atoms with Gasteiger partial charge in [0.15, 0.2) is 0 Å². The smallest absolute Gasteiger partial charge is 0.0323 e. The summed E-state index contributed by atoms with van der Waals surface area (Å²) >= 11 is 8.86. The Morgan fingerprint density at radius 1 is 1.27 bits per heavy atom. The molecule has 1 atom stereocenters. The Labute approximate surface area is 79.9 Å². The van der Waals surface area contributed by atoms with Gasteiger partial charge in [0.1, 0.15) is 0 Å². The topological polar surface area (TPSA) is 0 Å². The van der Waals surface area contributed by atoms with Crippen LogP contribution in [-0.2, 0) is 0 Å². The monoisotopic (exact) mass is 204 g/mol. The van der Waals surface area contributed by atoms with Crippen molar-refractivity contribution in [3.8, 4) is 0 Å². The number of hydrogen-bond acceptors (Lipinski definition) is 2. The molecule has 0 aliphatic heterocycles. The SMILES string of the molecule is CS(S)(CS)c1ccccc1. The normalized spacial score (nSPS) is 18.8. The summed E-state index contributed by atoms with van der Waals surface area (Å²) in [5.74, 6) is 0. The van der Waals surface area contributed by atoms with Gasteiger partial charge in [0.05, 0.1) is 0 Å². The molecule has 0 amide bonds. The molecular weight excluding hydrogens is 192 g/mol. The van der Waals surface area contributed by atoms with Gasteiger partial charge in [0.2, 0.25) is 0 Å². The maximum atomic E-state index is 4.58. The van der Waals surface area contributed by atoms with Crippen molar-refractivity contribution in [1.29, 1.82) is 0 Å². The predicted octanol–water partition coefficient (Wildman–Crippen LogP) is 3.21. The van der Waals surface area contributed by atoms with E-state index >= 15 is 0 Å². The largest absolute Gasteiger partial charge is 0.169 e. The second-order valence-corrected chi connectivity index (χ2v) is 8.48. The fourth-order valence-corrected chi connectivity index (χ4v) is 2.49. The molecule has 0 aliphatic rings. The highest BCUT2D eigenvalue weighted by molar-refractivity contribution is 8.88. The van der Waals surface area contributed by atoms with Crippen LogP contribution in [0.3, 0.4) is 0 Å². The maximum Gasteiger partial charge on any atom is 0.0323 e. The van der Waals surface area contributed by atoms with E-state index in [1.165, 1.54) is 4.90 Å². The van der Waals surface area contributed by atoms with Crippen LogP contribution in [0.1, 0.15) is 0 Å². The minimum absolute atomic E-state index is 0.833. The molecule has 0 spiro atoms. The first-order valence-corrected chi connectivity index (χ1v) is 7.21. The molecule has 1 unspecified atom stereocenters. The van der Waals surface area contributed by atoms with Crippen molar-refractivity contribution in [3.05, 3.63) is 30.3 Å². The molecule has 1 rings (SSSR count). The van der Waals surface area contributed by atoms with E-state index in [1.54, 1.807) is 0 Å². The molecule has 0 N–H and O–H groups in total. The van der Waals surface area contributed by atoms with E-state index in [1.807, 2.05) is 18.2 Å². The number of hydrogen-bond donors (Lipinski definition) is 2. The molecule has 1 aromatic carbocycles. The van der Waals surface area contributed by atoms with Gasteiger partial charge >= 0.3 is 0 Å². The first kappa shape index (κ1) is 9.36. The van der Waals surface area contributed by atoms with Crippen LogP contribution in [-0.4, -0.2) is 11.3 Å². The van der Waals surface area contributed by atoms with Gasteiger partial charge < -0.3 is 0 Å². The van der Waals surface area contributed by atoms with Crippen LogP contribution in [0.15, 0.2) is 35.2 Å². The third kappa shape index (κ3) is 2.36. The highest BCUT2D eigenvalue weighted by Crippen LogP contribution is 2.56. The predicted molar refractivity (Wildman–Crippen MR) is 61.1 cm³/mol. The van der Waals surface area contributed by atoms with Gasteiger partial charge in [-0.3, -0.25) is 0 Å². The van der Waals surface area contributed by atoms with Gasteiger partial charge in [0, 0.05) is 5.08 Å². The number of thiol groups is 2. The van der Waals surface area contributed by atoms with Crippen LogP contribution in [0.2, 0.25) is 0 Å². The average molecular weight is 204 g/mol. The summed E-state index contributed by atoms with van der Waals surface area (Å²) in [7, 11) is -0.940. The van der Waals surface area contributed by atoms with Crippen LogP contribution in [0.4, 0.5) is 0 Å². The molecule has 0 bridgehead atoms. The Hall–Kier alpha value is 0.270. The molecule has 0 aromatic heterocycles. The summed E-state index contributed by atoms with van der Waals surface area (Å²) in [5, 5.41) is 0.833.